The molecule has 0 aromatic rings. The Bertz CT molecular complexity index is 250. The lowest BCUT2D eigenvalue weighted by molar-refractivity contribution is 0.518. The molecular formula is C12H27NO2S. The van der Waals surface area contributed by atoms with Crippen LogP contribution in [0.5, 0.6) is 0 Å². The molecule has 0 fully saturated rings. The minimum atomic E-state index is -2.86. The van der Waals surface area contributed by atoms with Gasteiger partial charge in [0, 0.05) is 6.04 Å². The Hall–Kier alpha value is -0.0900. The summed E-state index contributed by atoms with van der Waals surface area (Å²) in [4.78, 5) is 0. The van der Waals surface area contributed by atoms with Crippen molar-refractivity contribution < 1.29 is 8.42 Å². The van der Waals surface area contributed by atoms with E-state index in [0.717, 1.165) is 38.6 Å². The molecule has 0 heterocycles. The summed E-state index contributed by atoms with van der Waals surface area (Å²) in [6.45, 7) is 7.12. The number of unbranched alkanes of at least 4 members (excludes halogenated alkanes) is 2. The van der Waals surface area contributed by atoms with Crippen molar-refractivity contribution in [3.63, 3.8) is 0 Å². The molecule has 16 heavy (non-hydrogen) atoms. The van der Waals surface area contributed by atoms with Crippen LogP contribution < -0.4 is 5.32 Å². The molecule has 0 rings (SSSR count). The van der Waals surface area contributed by atoms with Crippen LogP contribution in [0.15, 0.2) is 0 Å². The van der Waals surface area contributed by atoms with E-state index >= 15 is 0 Å². The van der Waals surface area contributed by atoms with Gasteiger partial charge in [0.2, 0.25) is 0 Å². The molecule has 1 atom stereocenters. The minimum absolute atomic E-state index is 0.131. The topological polar surface area (TPSA) is 46.2 Å². The van der Waals surface area contributed by atoms with Crippen molar-refractivity contribution in [2.75, 3.05) is 18.1 Å². The van der Waals surface area contributed by atoms with Gasteiger partial charge in [0.25, 0.3) is 0 Å². The lowest BCUT2D eigenvalue weighted by Crippen LogP contribution is -2.36. The average molecular weight is 249 g/mol. The van der Waals surface area contributed by atoms with Gasteiger partial charge < -0.3 is 5.32 Å². The second kappa shape index (κ2) is 8.99. The molecule has 98 valence electrons. The molecule has 1 unspecified atom stereocenters. The lowest BCUT2D eigenvalue weighted by Gasteiger charge is -2.16. The van der Waals surface area contributed by atoms with Crippen molar-refractivity contribution >= 4 is 9.84 Å². The highest BCUT2D eigenvalue weighted by molar-refractivity contribution is 7.91. The zero-order chi connectivity index (χ0) is 12.4. The number of nitrogens with one attached hydrogen (secondary N) is 1. The molecular weight excluding hydrogens is 222 g/mol. The second-order valence-electron chi connectivity index (χ2n) is 4.38. The molecule has 0 bridgehead atoms. The van der Waals surface area contributed by atoms with Crippen molar-refractivity contribution in [1.82, 2.24) is 5.32 Å². The maximum Gasteiger partial charge on any atom is 0.151 e. The summed E-state index contributed by atoms with van der Waals surface area (Å²) >= 11 is 0. The van der Waals surface area contributed by atoms with Crippen LogP contribution in [0.4, 0.5) is 0 Å². The molecule has 0 aliphatic rings. The third-order valence-electron chi connectivity index (χ3n) is 2.69. The van der Waals surface area contributed by atoms with Crippen LogP contribution in [0.25, 0.3) is 0 Å². The Kier molecular flexibility index (Phi) is 8.94. The van der Waals surface area contributed by atoms with E-state index in [1.165, 1.54) is 0 Å². The van der Waals surface area contributed by atoms with Crippen molar-refractivity contribution in [3.8, 4) is 0 Å². The summed E-state index contributed by atoms with van der Waals surface area (Å²) in [7, 11) is -2.86. The third-order valence-corrected chi connectivity index (χ3v) is 4.51. The first-order chi connectivity index (χ1) is 7.55. The number of hydrogen-bond acceptors (Lipinski definition) is 3. The van der Waals surface area contributed by atoms with Gasteiger partial charge in [-0.05, 0) is 25.8 Å². The molecule has 0 saturated carbocycles. The van der Waals surface area contributed by atoms with Crippen molar-refractivity contribution in [3.05, 3.63) is 0 Å². The van der Waals surface area contributed by atoms with Crippen LogP contribution in [-0.2, 0) is 9.84 Å². The smallest absolute Gasteiger partial charge is 0.151 e. The van der Waals surface area contributed by atoms with Gasteiger partial charge in [-0.25, -0.2) is 8.42 Å². The predicted molar refractivity (Wildman–Crippen MR) is 70.6 cm³/mol. The molecule has 0 amide bonds. The Balaban J connectivity index is 4.00. The Morgan fingerprint density at radius 2 is 1.75 bits per heavy atom. The van der Waals surface area contributed by atoms with Gasteiger partial charge in [-0.2, -0.15) is 0 Å². The van der Waals surface area contributed by atoms with E-state index in [1.807, 2.05) is 6.92 Å². The van der Waals surface area contributed by atoms with Crippen LogP contribution in [0, 0.1) is 0 Å². The molecule has 0 aromatic carbocycles. The van der Waals surface area contributed by atoms with Crippen molar-refractivity contribution in [2.45, 2.75) is 58.9 Å². The average Bonchev–Trinajstić information content (AvgIpc) is 2.24. The van der Waals surface area contributed by atoms with Crippen molar-refractivity contribution in [2.24, 2.45) is 0 Å². The summed E-state index contributed by atoms with van der Waals surface area (Å²) in [5.74, 6) is 0.651. The predicted octanol–water partition coefficient (Wildman–Crippen LogP) is 2.37. The summed E-state index contributed by atoms with van der Waals surface area (Å²) in [5.41, 5.74) is 0. The summed E-state index contributed by atoms with van der Waals surface area (Å²) in [5, 5.41) is 3.29. The summed E-state index contributed by atoms with van der Waals surface area (Å²) in [6.07, 6.45) is 4.82. The fourth-order valence-corrected chi connectivity index (χ4v) is 3.41. The van der Waals surface area contributed by atoms with Crippen LogP contribution in [0.1, 0.15) is 52.9 Å². The standard InChI is InChI=1S/C12H27NO2S/c1-4-7-8-10-16(14,15)11-12(6-3)13-9-5-2/h12-13H,4-11H2,1-3H3. The lowest BCUT2D eigenvalue weighted by atomic mass is 10.2. The van der Waals surface area contributed by atoms with Gasteiger partial charge in [0.05, 0.1) is 11.5 Å². The summed E-state index contributed by atoms with van der Waals surface area (Å²) in [6, 6.07) is 0.131. The molecule has 0 spiro atoms. The summed E-state index contributed by atoms with van der Waals surface area (Å²) < 4.78 is 23.6. The SMILES string of the molecule is CCCCCS(=O)(=O)CC(CC)NCCC. The van der Waals surface area contributed by atoms with Gasteiger partial charge in [-0.1, -0.05) is 33.6 Å². The van der Waals surface area contributed by atoms with E-state index in [-0.39, 0.29) is 6.04 Å². The molecule has 0 aromatic heterocycles. The molecule has 0 radical (unpaired) electrons. The largest absolute Gasteiger partial charge is 0.313 e. The highest BCUT2D eigenvalue weighted by atomic mass is 32.2. The maximum absolute atomic E-state index is 11.8. The number of sulfone groups is 1. The molecule has 3 nitrogen and oxygen atoms in total. The van der Waals surface area contributed by atoms with E-state index in [1.54, 1.807) is 0 Å². The highest BCUT2D eigenvalue weighted by Gasteiger charge is 2.16. The number of rotatable bonds is 10. The first-order valence-electron chi connectivity index (χ1n) is 6.49. The molecule has 0 saturated heterocycles. The van der Waals surface area contributed by atoms with Crippen molar-refractivity contribution in [1.29, 1.82) is 0 Å². The Labute approximate surface area is 101 Å². The molecule has 1 N–H and O–H groups in total. The van der Waals surface area contributed by atoms with E-state index in [9.17, 15) is 8.42 Å². The Morgan fingerprint density at radius 3 is 2.25 bits per heavy atom. The highest BCUT2D eigenvalue weighted by Crippen LogP contribution is 2.04. The van der Waals surface area contributed by atoms with Gasteiger partial charge in [0.15, 0.2) is 9.84 Å². The van der Waals surface area contributed by atoms with Crippen LogP contribution in [0.3, 0.4) is 0 Å². The van der Waals surface area contributed by atoms with E-state index < -0.39 is 9.84 Å². The maximum atomic E-state index is 11.8. The Morgan fingerprint density at radius 1 is 1.06 bits per heavy atom. The first kappa shape index (κ1) is 15.9. The third kappa shape index (κ3) is 8.11. The molecule has 0 aliphatic heterocycles. The number of hydrogen-bond donors (Lipinski definition) is 1. The van der Waals surface area contributed by atoms with Gasteiger partial charge in [-0.15, -0.1) is 0 Å². The zero-order valence-electron chi connectivity index (χ0n) is 11.0. The van der Waals surface area contributed by atoms with Gasteiger partial charge in [0.1, 0.15) is 0 Å². The van der Waals surface area contributed by atoms with E-state index in [0.29, 0.717) is 11.5 Å². The molecule has 4 heteroatoms. The fourth-order valence-electron chi connectivity index (χ4n) is 1.63. The quantitative estimate of drug-likeness (QED) is 0.605. The van der Waals surface area contributed by atoms with Crippen LogP contribution in [-0.4, -0.2) is 32.5 Å². The normalized spacial score (nSPS) is 13.9. The monoisotopic (exact) mass is 249 g/mol. The fraction of sp³-hybridized carbons (Fsp3) is 1.00. The molecule has 0 aliphatic carbocycles. The van der Waals surface area contributed by atoms with E-state index in [2.05, 4.69) is 19.2 Å². The zero-order valence-corrected chi connectivity index (χ0v) is 11.8. The van der Waals surface area contributed by atoms with Gasteiger partial charge >= 0.3 is 0 Å². The van der Waals surface area contributed by atoms with E-state index in [4.69, 9.17) is 0 Å². The second-order valence-corrected chi connectivity index (χ2v) is 6.61. The van der Waals surface area contributed by atoms with Gasteiger partial charge in [-0.3, -0.25) is 0 Å². The van der Waals surface area contributed by atoms with Crippen LogP contribution >= 0.6 is 0 Å². The first-order valence-corrected chi connectivity index (χ1v) is 8.31. The van der Waals surface area contributed by atoms with Crippen LogP contribution in [0.2, 0.25) is 0 Å². The minimum Gasteiger partial charge on any atom is -0.313 e.